The third kappa shape index (κ3) is 12.8. The van der Waals surface area contributed by atoms with Crippen LogP contribution in [0.2, 0.25) is 0 Å². The molecule has 0 fully saturated rings. The van der Waals surface area contributed by atoms with Crippen LogP contribution in [0.5, 0.6) is 17.2 Å². The summed E-state index contributed by atoms with van der Waals surface area (Å²) in [5, 5.41) is 9.48. The molecule has 0 heterocycles. The van der Waals surface area contributed by atoms with Gasteiger partial charge in [0, 0.05) is 17.2 Å². The Bertz CT molecular complexity index is 2350. The van der Waals surface area contributed by atoms with Crippen LogP contribution >= 0.6 is 0 Å². The number of ether oxygens (including phenoxy) is 3. The van der Waals surface area contributed by atoms with Crippen molar-refractivity contribution in [1.82, 2.24) is 0 Å². The smallest absolute Gasteiger partial charge is 0.142 e. The molecule has 0 aliphatic carbocycles. The highest BCUT2D eigenvalue weighted by Crippen LogP contribution is 2.55. The first-order valence-corrected chi connectivity index (χ1v) is 25.0. The van der Waals surface area contributed by atoms with Crippen LogP contribution in [0.4, 0.5) is 0 Å². The summed E-state index contributed by atoms with van der Waals surface area (Å²) in [5.74, 6) is 2.43. The fourth-order valence-corrected chi connectivity index (χ4v) is 9.35. The molecule has 344 valence electrons. The minimum absolute atomic E-state index is 0.548. The second-order valence-corrected chi connectivity index (χ2v) is 20.5. The Morgan fingerprint density at radius 1 is 0.338 bits per heavy atom. The Kier molecular flexibility index (Phi) is 16.8. The molecular formula is C60H78N2O3+2. The van der Waals surface area contributed by atoms with Gasteiger partial charge in [0.2, 0.25) is 0 Å². The van der Waals surface area contributed by atoms with E-state index in [1.54, 1.807) is 0 Å². The van der Waals surface area contributed by atoms with Gasteiger partial charge in [-0.25, -0.2) is 0 Å². The molecule has 0 bridgehead atoms. The van der Waals surface area contributed by atoms with E-state index in [1.807, 2.05) is 0 Å². The molecule has 0 unspecified atom stereocenters. The summed E-state index contributed by atoms with van der Waals surface area (Å²) in [4.78, 5) is 0. The molecule has 5 heteroatoms. The van der Waals surface area contributed by atoms with Crippen molar-refractivity contribution in [2.75, 3.05) is 75.2 Å². The van der Waals surface area contributed by atoms with Gasteiger partial charge >= 0.3 is 0 Å². The standard InChI is InChI=1S/C60H78N2O3/c1-8-9-10-11-12-13-14-15-16-17-18-19-20-29-40-65-60-58(56-50-34-25-21-30-46(50)43-47-31-22-26-35-51(47)56)54(63-41-38-61(2,3)4)45-55(64-42-39-62(5,6)7)59(60)57-52-36-27-23-32-48(52)44-49-33-24-28-37-53(49)57/h21-28,30-37,43-45H,8-20,29,38-42H2,1-7H3/q+2. The van der Waals surface area contributed by atoms with E-state index in [-0.39, 0.29) is 0 Å². The summed E-state index contributed by atoms with van der Waals surface area (Å²) in [6.07, 6.45) is 18.4. The van der Waals surface area contributed by atoms with Crippen molar-refractivity contribution in [1.29, 1.82) is 0 Å². The Labute approximate surface area is 391 Å². The second kappa shape index (κ2) is 22.9. The maximum absolute atomic E-state index is 7.49. The van der Waals surface area contributed by atoms with E-state index in [1.165, 1.54) is 120 Å². The summed E-state index contributed by atoms with van der Waals surface area (Å²) in [5.41, 5.74) is 4.27. The van der Waals surface area contributed by atoms with Crippen LogP contribution in [0.3, 0.4) is 0 Å². The van der Waals surface area contributed by atoms with Gasteiger partial charge in [0.25, 0.3) is 0 Å². The van der Waals surface area contributed by atoms with E-state index in [0.717, 1.165) is 74.4 Å². The van der Waals surface area contributed by atoms with Crippen molar-refractivity contribution in [2.45, 2.75) is 96.8 Å². The Morgan fingerprint density at radius 2 is 0.662 bits per heavy atom. The topological polar surface area (TPSA) is 27.7 Å². The van der Waals surface area contributed by atoms with Crippen LogP contribution < -0.4 is 14.2 Å². The average Bonchev–Trinajstić information content (AvgIpc) is 3.28. The van der Waals surface area contributed by atoms with Crippen LogP contribution in [-0.4, -0.2) is 84.2 Å². The van der Waals surface area contributed by atoms with Crippen molar-refractivity contribution in [3.05, 3.63) is 115 Å². The van der Waals surface area contributed by atoms with Crippen molar-refractivity contribution in [3.8, 4) is 39.5 Å². The molecule has 7 rings (SSSR count). The van der Waals surface area contributed by atoms with Gasteiger partial charge in [0.05, 0.1) is 60.0 Å². The fraction of sp³-hybridized carbons (Fsp3) is 0.433. The number of nitrogens with zero attached hydrogens (tertiary/aromatic N) is 2. The summed E-state index contributed by atoms with van der Waals surface area (Å²) in [6, 6.07) is 42.1. The zero-order valence-electron chi connectivity index (χ0n) is 41.0. The van der Waals surface area contributed by atoms with Gasteiger partial charge in [-0.3, -0.25) is 0 Å². The van der Waals surface area contributed by atoms with E-state index in [2.05, 4.69) is 164 Å². The first-order valence-electron chi connectivity index (χ1n) is 25.0. The van der Waals surface area contributed by atoms with Crippen LogP contribution in [0.1, 0.15) is 96.8 Å². The molecule has 7 aromatic carbocycles. The quantitative estimate of drug-likeness (QED) is 0.0308. The van der Waals surface area contributed by atoms with Crippen LogP contribution in [0.25, 0.3) is 65.3 Å². The number of hydrogen-bond donors (Lipinski definition) is 0. The van der Waals surface area contributed by atoms with Gasteiger partial charge < -0.3 is 23.2 Å². The minimum atomic E-state index is 0.548. The number of fused-ring (bicyclic) bond motifs is 4. The SMILES string of the molecule is CCCCCCCCCCCCCCCCOc1c(-c2c3ccccc3cc3ccccc23)c(OCC[N+](C)(C)C)cc(OCC[N+](C)(C)C)c1-c1c2ccccc2cc2ccccc12. The zero-order valence-corrected chi connectivity index (χ0v) is 41.0. The molecule has 0 amide bonds. The van der Waals surface area contributed by atoms with E-state index in [9.17, 15) is 0 Å². The van der Waals surface area contributed by atoms with E-state index in [4.69, 9.17) is 14.2 Å². The molecular weight excluding hydrogens is 797 g/mol. The molecule has 0 saturated heterocycles. The molecule has 0 radical (unpaired) electrons. The molecule has 0 aliphatic rings. The third-order valence-corrected chi connectivity index (χ3v) is 13.0. The summed E-state index contributed by atoms with van der Waals surface area (Å²) in [7, 11) is 13.3. The molecule has 0 spiro atoms. The van der Waals surface area contributed by atoms with Gasteiger partial charge in [-0.05, 0) is 61.6 Å². The number of unbranched alkanes of at least 4 members (excludes halogenated alkanes) is 13. The predicted molar refractivity (Wildman–Crippen MR) is 280 cm³/mol. The number of hydrogen-bond acceptors (Lipinski definition) is 3. The summed E-state index contributed by atoms with van der Waals surface area (Å²) < 4.78 is 23.3. The van der Waals surface area contributed by atoms with Gasteiger partial charge in [-0.15, -0.1) is 0 Å². The van der Waals surface area contributed by atoms with E-state index >= 15 is 0 Å². The maximum Gasteiger partial charge on any atom is 0.142 e. The second-order valence-electron chi connectivity index (χ2n) is 20.5. The van der Waals surface area contributed by atoms with E-state index in [0.29, 0.717) is 19.8 Å². The van der Waals surface area contributed by atoms with Crippen LogP contribution in [0, 0.1) is 0 Å². The summed E-state index contributed by atoms with van der Waals surface area (Å²) in [6.45, 7) is 5.69. The molecule has 0 N–H and O–H groups in total. The Hall–Kier alpha value is -5.10. The number of rotatable bonds is 26. The fourth-order valence-electron chi connectivity index (χ4n) is 9.35. The highest BCUT2D eigenvalue weighted by atomic mass is 16.5. The average molecular weight is 875 g/mol. The third-order valence-electron chi connectivity index (χ3n) is 13.0. The van der Waals surface area contributed by atoms with E-state index < -0.39 is 0 Å². The lowest BCUT2D eigenvalue weighted by Gasteiger charge is -2.28. The lowest BCUT2D eigenvalue weighted by atomic mass is 9.86. The van der Waals surface area contributed by atoms with Crippen molar-refractivity contribution in [2.24, 2.45) is 0 Å². The monoisotopic (exact) mass is 875 g/mol. The van der Waals surface area contributed by atoms with Crippen molar-refractivity contribution in [3.63, 3.8) is 0 Å². The predicted octanol–water partition coefficient (Wildman–Crippen LogP) is 15.7. The van der Waals surface area contributed by atoms with Gasteiger partial charge in [-0.2, -0.15) is 0 Å². The van der Waals surface area contributed by atoms with Gasteiger partial charge in [0.15, 0.2) is 0 Å². The lowest BCUT2D eigenvalue weighted by molar-refractivity contribution is -0.870. The highest BCUT2D eigenvalue weighted by molar-refractivity contribution is 6.19. The minimum Gasteiger partial charge on any atom is -0.492 e. The molecule has 0 saturated carbocycles. The first kappa shape index (κ1) is 47.9. The number of likely N-dealkylation sites (N-methyl/N-ethyl adjacent to an activating group) is 2. The normalized spacial score (nSPS) is 12.2. The van der Waals surface area contributed by atoms with Crippen LogP contribution in [-0.2, 0) is 0 Å². The van der Waals surface area contributed by atoms with Crippen molar-refractivity contribution < 1.29 is 23.2 Å². The Balaban J connectivity index is 1.35. The van der Waals surface area contributed by atoms with Crippen molar-refractivity contribution >= 4 is 43.1 Å². The Morgan fingerprint density at radius 3 is 1.00 bits per heavy atom. The van der Waals surface area contributed by atoms with Gasteiger partial charge in [0.1, 0.15) is 43.6 Å². The highest BCUT2D eigenvalue weighted by Gasteiger charge is 2.29. The molecule has 0 aliphatic heterocycles. The molecule has 0 atom stereocenters. The van der Waals surface area contributed by atoms with Gasteiger partial charge in [-0.1, -0.05) is 187 Å². The number of quaternary nitrogens is 2. The largest absolute Gasteiger partial charge is 0.492 e. The van der Waals surface area contributed by atoms with Crippen LogP contribution in [0.15, 0.2) is 115 Å². The molecule has 0 aromatic heterocycles. The summed E-state index contributed by atoms with van der Waals surface area (Å²) >= 11 is 0. The number of benzene rings is 7. The molecule has 5 nitrogen and oxygen atoms in total. The zero-order chi connectivity index (χ0) is 45.7. The lowest BCUT2D eigenvalue weighted by Crippen LogP contribution is -2.38. The maximum atomic E-state index is 7.49. The first-order chi connectivity index (χ1) is 31.5. The molecule has 7 aromatic rings. The molecule has 65 heavy (non-hydrogen) atoms.